The van der Waals surface area contributed by atoms with E-state index in [0.29, 0.717) is 12.2 Å². The third-order valence-electron chi connectivity index (χ3n) is 2.84. The summed E-state index contributed by atoms with van der Waals surface area (Å²) in [6.07, 6.45) is 2.38. The summed E-state index contributed by atoms with van der Waals surface area (Å²) in [5.74, 6) is -0.144. The highest BCUT2D eigenvalue weighted by Crippen LogP contribution is 2.09. The molecule has 0 aliphatic heterocycles. The van der Waals surface area contributed by atoms with Gasteiger partial charge in [0.1, 0.15) is 5.69 Å². The van der Waals surface area contributed by atoms with Gasteiger partial charge in [-0.3, -0.25) is 14.9 Å². The van der Waals surface area contributed by atoms with Crippen LogP contribution < -0.4 is 5.32 Å². The van der Waals surface area contributed by atoms with Crippen LogP contribution in [0, 0.1) is 13.8 Å². The molecule has 2 N–H and O–H groups in total. The number of aromatic amines is 1. The third-order valence-corrected chi connectivity index (χ3v) is 2.84. The van der Waals surface area contributed by atoms with Crippen molar-refractivity contribution < 1.29 is 4.79 Å². The first kappa shape index (κ1) is 12.3. The quantitative estimate of drug-likeness (QED) is 0.854. The van der Waals surface area contributed by atoms with Gasteiger partial charge < -0.3 is 5.32 Å². The van der Waals surface area contributed by atoms with Crippen molar-refractivity contribution in [1.82, 2.24) is 20.5 Å². The lowest BCUT2D eigenvalue weighted by Crippen LogP contribution is -2.26. The smallest absolute Gasteiger partial charge is 0.269 e. The van der Waals surface area contributed by atoms with E-state index in [-0.39, 0.29) is 5.91 Å². The van der Waals surface area contributed by atoms with Crippen molar-refractivity contribution in [1.29, 1.82) is 0 Å². The average molecular weight is 244 g/mol. The maximum atomic E-state index is 11.7. The van der Waals surface area contributed by atoms with E-state index >= 15 is 0 Å². The van der Waals surface area contributed by atoms with Crippen LogP contribution in [-0.2, 0) is 6.42 Å². The van der Waals surface area contributed by atoms with Crippen molar-refractivity contribution in [3.05, 3.63) is 47.0 Å². The van der Waals surface area contributed by atoms with E-state index in [9.17, 15) is 4.79 Å². The van der Waals surface area contributed by atoms with E-state index in [2.05, 4.69) is 20.5 Å². The zero-order chi connectivity index (χ0) is 13.0. The fourth-order valence-corrected chi connectivity index (χ4v) is 1.83. The monoisotopic (exact) mass is 244 g/mol. The normalized spacial score (nSPS) is 10.3. The zero-order valence-electron chi connectivity index (χ0n) is 10.5. The number of carbonyl (C=O) groups excluding carboxylic acids is 1. The number of carbonyl (C=O) groups is 1. The Labute approximate surface area is 106 Å². The second kappa shape index (κ2) is 5.44. The maximum Gasteiger partial charge on any atom is 0.269 e. The van der Waals surface area contributed by atoms with Gasteiger partial charge in [0.25, 0.3) is 5.91 Å². The predicted molar refractivity (Wildman–Crippen MR) is 68.3 cm³/mol. The maximum absolute atomic E-state index is 11.7. The van der Waals surface area contributed by atoms with Crippen LogP contribution in [0.4, 0.5) is 0 Å². The first-order valence-corrected chi connectivity index (χ1v) is 5.88. The summed E-state index contributed by atoms with van der Waals surface area (Å²) in [4.78, 5) is 15.7. The Morgan fingerprint density at radius 2 is 2.22 bits per heavy atom. The molecule has 0 aliphatic rings. The summed E-state index contributed by atoms with van der Waals surface area (Å²) in [5, 5.41) is 9.90. The van der Waals surface area contributed by atoms with Crippen molar-refractivity contribution in [2.24, 2.45) is 0 Å². The van der Waals surface area contributed by atoms with Gasteiger partial charge in [-0.1, -0.05) is 6.07 Å². The van der Waals surface area contributed by atoms with Gasteiger partial charge in [-0.25, -0.2) is 0 Å². The molecule has 2 rings (SSSR count). The van der Waals surface area contributed by atoms with E-state index in [4.69, 9.17) is 0 Å². The molecule has 0 saturated heterocycles. The first-order valence-electron chi connectivity index (χ1n) is 5.88. The van der Waals surface area contributed by atoms with Crippen LogP contribution in [0.1, 0.15) is 27.4 Å². The van der Waals surface area contributed by atoms with Crippen LogP contribution in [-0.4, -0.2) is 27.6 Å². The minimum Gasteiger partial charge on any atom is -0.350 e. The fraction of sp³-hybridized carbons (Fsp3) is 0.308. The Hall–Kier alpha value is -2.17. The molecular weight excluding hydrogens is 228 g/mol. The van der Waals surface area contributed by atoms with Crippen LogP contribution in [0.2, 0.25) is 0 Å². The lowest BCUT2D eigenvalue weighted by molar-refractivity contribution is 0.0949. The number of nitrogens with zero attached hydrogens (tertiary/aromatic N) is 2. The molecule has 5 heteroatoms. The molecule has 2 heterocycles. The lowest BCUT2D eigenvalue weighted by atomic mass is 10.1. The van der Waals surface area contributed by atoms with E-state index < -0.39 is 0 Å². The van der Waals surface area contributed by atoms with Gasteiger partial charge in [0, 0.05) is 18.4 Å². The van der Waals surface area contributed by atoms with Gasteiger partial charge in [-0.2, -0.15) is 5.10 Å². The highest BCUT2D eigenvalue weighted by atomic mass is 16.1. The molecule has 0 aliphatic carbocycles. The average Bonchev–Trinajstić information content (AvgIpc) is 2.71. The van der Waals surface area contributed by atoms with Crippen molar-refractivity contribution >= 4 is 5.91 Å². The highest BCUT2D eigenvalue weighted by molar-refractivity contribution is 5.92. The number of aromatic nitrogens is 3. The van der Waals surface area contributed by atoms with Crippen molar-refractivity contribution in [3.8, 4) is 0 Å². The Morgan fingerprint density at radius 1 is 1.39 bits per heavy atom. The van der Waals surface area contributed by atoms with E-state index in [1.165, 1.54) is 0 Å². The van der Waals surface area contributed by atoms with Gasteiger partial charge >= 0.3 is 0 Å². The number of hydrogen-bond acceptors (Lipinski definition) is 3. The number of aryl methyl sites for hydroxylation is 2. The second-order valence-electron chi connectivity index (χ2n) is 4.13. The molecule has 1 amide bonds. The summed E-state index contributed by atoms with van der Waals surface area (Å²) in [7, 11) is 0. The summed E-state index contributed by atoms with van der Waals surface area (Å²) >= 11 is 0. The standard InChI is InChI=1S/C13H16N4O/c1-9-11(10(2)17-16-9)6-8-15-13(18)12-5-3-4-7-14-12/h3-5,7H,6,8H2,1-2H3,(H,15,18)(H,16,17). The van der Waals surface area contributed by atoms with Crippen LogP contribution in [0.25, 0.3) is 0 Å². The first-order chi connectivity index (χ1) is 8.68. The number of rotatable bonds is 4. The zero-order valence-corrected chi connectivity index (χ0v) is 10.5. The van der Waals surface area contributed by atoms with Gasteiger partial charge in [0.15, 0.2) is 0 Å². The predicted octanol–water partition coefficient (Wildman–Crippen LogP) is 1.39. The fourth-order valence-electron chi connectivity index (χ4n) is 1.83. The summed E-state index contributed by atoms with van der Waals surface area (Å²) in [5.41, 5.74) is 3.65. The van der Waals surface area contributed by atoms with Crippen LogP contribution in [0.15, 0.2) is 24.4 Å². The number of hydrogen-bond donors (Lipinski definition) is 2. The Morgan fingerprint density at radius 3 is 2.83 bits per heavy atom. The topological polar surface area (TPSA) is 70.7 Å². The van der Waals surface area contributed by atoms with Crippen LogP contribution in [0.5, 0.6) is 0 Å². The molecule has 0 fully saturated rings. The molecule has 2 aromatic rings. The third kappa shape index (κ3) is 2.74. The molecule has 0 radical (unpaired) electrons. The molecule has 2 aromatic heterocycles. The molecule has 0 unspecified atom stereocenters. The molecule has 18 heavy (non-hydrogen) atoms. The lowest BCUT2D eigenvalue weighted by Gasteiger charge is -2.04. The Balaban J connectivity index is 1.88. The Kier molecular flexibility index (Phi) is 3.72. The number of H-pyrrole nitrogens is 1. The Bertz CT molecular complexity index is 514. The van der Waals surface area contributed by atoms with Gasteiger partial charge in [-0.05, 0) is 38.0 Å². The van der Waals surface area contributed by atoms with Crippen molar-refractivity contribution in [3.63, 3.8) is 0 Å². The van der Waals surface area contributed by atoms with E-state index in [1.807, 2.05) is 13.8 Å². The number of nitrogens with one attached hydrogen (secondary N) is 2. The molecule has 5 nitrogen and oxygen atoms in total. The van der Waals surface area contributed by atoms with Gasteiger partial charge in [0.05, 0.1) is 5.69 Å². The molecule has 0 spiro atoms. The molecule has 94 valence electrons. The van der Waals surface area contributed by atoms with Crippen LogP contribution in [0.3, 0.4) is 0 Å². The summed E-state index contributed by atoms with van der Waals surface area (Å²) < 4.78 is 0. The number of amides is 1. The minimum absolute atomic E-state index is 0.144. The van der Waals surface area contributed by atoms with Gasteiger partial charge in [-0.15, -0.1) is 0 Å². The number of pyridine rings is 1. The van der Waals surface area contributed by atoms with E-state index in [1.54, 1.807) is 24.4 Å². The SMILES string of the molecule is Cc1n[nH]c(C)c1CCNC(=O)c1ccccn1. The highest BCUT2D eigenvalue weighted by Gasteiger charge is 2.08. The summed E-state index contributed by atoms with van der Waals surface area (Å²) in [6.45, 7) is 4.52. The largest absolute Gasteiger partial charge is 0.350 e. The molecule has 0 aromatic carbocycles. The van der Waals surface area contributed by atoms with Crippen molar-refractivity contribution in [2.75, 3.05) is 6.54 Å². The van der Waals surface area contributed by atoms with Crippen LogP contribution >= 0.6 is 0 Å². The summed E-state index contributed by atoms with van der Waals surface area (Å²) in [6, 6.07) is 5.28. The molecule has 0 bridgehead atoms. The minimum atomic E-state index is -0.144. The van der Waals surface area contributed by atoms with Gasteiger partial charge in [0.2, 0.25) is 0 Å². The molecule has 0 atom stereocenters. The van der Waals surface area contributed by atoms with Crippen molar-refractivity contribution in [2.45, 2.75) is 20.3 Å². The molecule has 0 saturated carbocycles. The van der Waals surface area contributed by atoms with E-state index in [0.717, 1.165) is 23.4 Å². The second-order valence-corrected chi connectivity index (χ2v) is 4.13. The molecular formula is C13H16N4O.